The van der Waals surface area contributed by atoms with Gasteiger partial charge in [0.25, 0.3) is 0 Å². The van der Waals surface area contributed by atoms with Crippen LogP contribution in [0, 0.1) is 6.92 Å². The summed E-state index contributed by atoms with van der Waals surface area (Å²) in [7, 11) is -3.46. The predicted octanol–water partition coefficient (Wildman–Crippen LogP) is 4.17. The molecular formula is C17H18ClNO2S. The van der Waals surface area contributed by atoms with Crippen LogP contribution in [0.5, 0.6) is 0 Å². The Balaban J connectivity index is 1.95. The van der Waals surface area contributed by atoms with Gasteiger partial charge in [-0.05, 0) is 49.6 Å². The van der Waals surface area contributed by atoms with Crippen LogP contribution in [-0.4, -0.2) is 19.3 Å². The summed E-state index contributed by atoms with van der Waals surface area (Å²) in [6, 6.07) is 14.4. The Morgan fingerprint density at radius 3 is 2.32 bits per heavy atom. The number of benzene rings is 2. The molecule has 2 aromatic carbocycles. The van der Waals surface area contributed by atoms with Crippen molar-refractivity contribution in [2.75, 3.05) is 6.54 Å². The molecule has 0 N–H and O–H groups in total. The van der Waals surface area contributed by atoms with Crippen molar-refractivity contribution >= 4 is 21.6 Å². The van der Waals surface area contributed by atoms with Crippen LogP contribution in [0.3, 0.4) is 0 Å². The number of nitrogens with zero attached hydrogens (tertiary/aromatic N) is 1. The van der Waals surface area contributed by atoms with E-state index in [-0.39, 0.29) is 6.04 Å². The molecule has 3 nitrogen and oxygen atoms in total. The number of hydrogen-bond acceptors (Lipinski definition) is 2. The zero-order chi connectivity index (χ0) is 15.7. The van der Waals surface area contributed by atoms with Gasteiger partial charge in [-0.25, -0.2) is 8.42 Å². The van der Waals surface area contributed by atoms with E-state index in [2.05, 4.69) is 0 Å². The van der Waals surface area contributed by atoms with Crippen LogP contribution in [-0.2, 0) is 10.0 Å². The van der Waals surface area contributed by atoms with Gasteiger partial charge < -0.3 is 0 Å². The smallest absolute Gasteiger partial charge is 0.207 e. The molecule has 5 heteroatoms. The van der Waals surface area contributed by atoms with E-state index in [4.69, 9.17) is 11.6 Å². The van der Waals surface area contributed by atoms with E-state index in [0.717, 1.165) is 24.0 Å². The van der Waals surface area contributed by atoms with Gasteiger partial charge in [0.15, 0.2) is 0 Å². The van der Waals surface area contributed by atoms with Gasteiger partial charge in [0, 0.05) is 11.6 Å². The van der Waals surface area contributed by atoms with E-state index in [1.54, 1.807) is 16.4 Å². The lowest BCUT2D eigenvalue weighted by atomic mass is 10.1. The van der Waals surface area contributed by atoms with Crippen molar-refractivity contribution in [3.8, 4) is 0 Å². The molecule has 1 saturated heterocycles. The summed E-state index contributed by atoms with van der Waals surface area (Å²) in [4.78, 5) is 0.360. The van der Waals surface area contributed by atoms with Crippen molar-refractivity contribution in [2.45, 2.75) is 30.7 Å². The van der Waals surface area contributed by atoms with E-state index in [9.17, 15) is 8.42 Å². The Labute approximate surface area is 136 Å². The van der Waals surface area contributed by atoms with Crippen LogP contribution in [0.1, 0.15) is 30.0 Å². The summed E-state index contributed by atoms with van der Waals surface area (Å²) in [6.07, 6.45) is 1.71. The molecule has 0 unspecified atom stereocenters. The topological polar surface area (TPSA) is 37.4 Å². The highest BCUT2D eigenvalue weighted by Gasteiger charge is 2.35. The van der Waals surface area contributed by atoms with Gasteiger partial charge in [0.2, 0.25) is 10.0 Å². The highest BCUT2D eigenvalue weighted by Crippen LogP contribution is 2.36. The van der Waals surface area contributed by atoms with Crippen molar-refractivity contribution in [2.24, 2.45) is 0 Å². The molecule has 0 amide bonds. The van der Waals surface area contributed by atoms with Crippen molar-refractivity contribution < 1.29 is 8.42 Å². The van der Waals surface area contributed by atoms with Crippen molar-refractivity contribution in [1.29, 1.82) is 0 Å². The standard InChI is InChI=1S/C17H18ClNO2S/c1-13-4-10-16(11-5-13)22(20,21)19-12-2-3-17(19)14-6-8-15(18)9-7-14/h4-11,17H,2-3,12H2,1H3/t17-/m0/s1. The number of rotatable bonds is 3. The number of aryl methyl sites for hydroxylation is 1. The maximum atomic E-state index is 12.9. The molecular weight excluding hydrogens is 318 g/mol. The first-order chi connectivity index (χ1) is 10.5. The van der Waals surface area contributed by atoms with Crippen LogP contribution in [0.4, 0.5) is 0 Å². The minimum absolute atomic E-state index is 0.108. The summed E-state index contributed by atoms with van der Waals surface area (Å²) >= 11 is 5.92. The lowest BCUT2D eigenvalue weighted by Gasteiger charge is -2.24. The molecule has 1 fully saturated rings. The molecule has 1 aliphatic heterocycles. The largest absolute Gasteiger partial charge is 0.243 e. The second-order valence-corrected chi connectivity index (χ2v) is 7.97. The molecule has 2 aromatic rings. The Morgan fingerprint density at radius 2 is 1.68 bits per heavy atom. The quantitative estimate of drug-likeness (QED) is 0.844. The van der Waals surface area contributed by atoms with Crippen LogP contribution in [0.25, 0.3) is 0 Å². The zero-order valence-corrected chi connectivity index (χ0v) is 13.9. The van der Waals surface area contributed by atoms with E-state index in [0.29, 0.717) is 16.5 Å². The van der Waals surface area contributed by atoms with Crippen molar-refractivity contribution in [1.82, 2.24) is 4.31 Å². The van der Waals surface area contributed by atoms with E-state index >= 15 is 0 Å². The average Bonchev–Trinajstić information content (AvgIpc) is 2.99. The SMILES string of the molecule is Cc1ccc(S(=O)(=O)N2CCC[C@H]2c2ccc(Cl)cc2)cc1. The van der Waals surface area contributed by atoms with Crippen LogP contribution in [0.15, 0.2) is 53.4 Å². The first-order valence-corrected chi connectivity index (χ1v) is 9.14. The molecule has 0 aliphatic carbocycles. The summed E-state index contributed by atoms with van der Waals surface area (Å²) in [6.45, 7) is 2.51. The average molecular weight is 336 g/mol. The third-order valence-corrected chi connectivity index (χ3v) is 6.26. The van der Waals surface area contributed by atoms with Gasteiger partial charge in [0.1, 0.15) is 0 Å². The maximum Gasteiger partial charge on any atom is 0.243 e. The highest BCUT2D eigenvalue weighted by atomic mass is 35.5. The molecule has 116 valence electrons. The Hall–Kier alpha value is -1.36. The Morgan fingerprint density at radius 1 is 1.05 bits per heavy atom. The summed E-state index contributed by atoms with van der Waals surface area (Å²) in [5.74, 6) is 0. The third kappa shape index (κ3) is 2.91. The molecule has 3 rings (SSSR count). The minimum atomic E-state index is -3.46. The lowest BCUT2D eigenvalue weighted by molar-refractivity contribution is 0.396. The van der Waals surface area contributed by atoms with E-state index in [1.165, 1.54) is 0 Å². The molecule has 0 aromatic heterocycles. The van der Waals surface area contributed by atoms with Crippen LogP contribution < -0.4 is 0 Å². The summed E-state index contributed by atoms with van der Waals surface area (Å²) in [5, 5.41) is 0.662. The van der Waals surface area contributed by atoms with Gasteiger partial charge in [-0.2, -0.15) is 4.31 Å². The fraction of sp³-hybridized carbons (Fsp3) is 0.294. The monoisotopic (exact) mass is 335 g/mol. The normalized spacial score (nSPS) is 19.5. The van der Waals surface area contributed by atoms with Gasteiger partial charge in [0.05, 0.1) is 10.9 Å². The second-order valence-electron chi connectivity index (χ2n) is 5.64. The summed E-state index contributed by atoms with van der Waals surface area (Å²) in [5.41, 5.74) is 2.05. The number of sulfonamides is 1. The highest BCUT2D eigenvalue weighted by molar-refractivity contribution is 7.89. The fourth-order valence-electron chi connectivity index (χ4n) is 2.89. The first-order valence-electron chi connectivity index (χ1n) is 7.32. The minimum Gasteiger partial charge on any atom is -0.207 e. The van der Waals surface area contributed by atoms with Gasteiger partial charge >= 0.3 is 0 Å². The molecule has 1 heterocycles. The van der Waals surface area contributed by atoms with E-state index < -0.39 is 10.0 Å². The summed E-state index contributed by atoms with van der Waals surface area (Å²) < 4.78 is 27.4. The number of halogens is 1. The molecule has 22 heavy (non-hydrogen) atoms. The van der Waals surface area contributed by atoms with Gasteiger partial charge in [-0.1, -0.05) is 41.4 Å². The zero-order valence-electron chi connectivity index (χ0n) is 12.4. The predicted molar refractivity (Wildman–Crippen MR) is 88.5 cm³/mol. The van der Waals surface area contributed by atoms with Crippen LogP contribution >= 0.6 is 11.6 Å². The molecule has 1 aliphatic rings. The molecule has 0 saturated carbocycles. The lowest BCUT2D eigenvalue weighted by Crippen LogP contribution is -2.30. The molecule has 0 radical (unpaired) electrons. The van der Waals surface area contributed by atoms with Gasteiger partial charge in [-0.3, -0.25) is 0 Å². The fourth-order valence-corrected chi connectivity index (χ4v) is 4.70. The van der Waals surface area contributed by atoms with Crippen LogP contribution in [0.2, 0.25) is 5.02 Å². The third-order valence-electron chi connectivity index (χ3n) is 4.09. The molecule has 0 spiro atoms. The van der Waals surface area contributed by atoms with E-state index in [1.807, 2.05) is 43.3 Å². The second kappa shape index (κ2) is 6.03. The Bertz CT molecular complexity index is 754. The maximum absolute atomic E-state index is 12.9. The Kier molecular flexibility index (Phi) is 4.26. The van der Waals surface area contributed by atoms with Crippen molar-refractivity contribution in [3.05, 3.63) is 64.7 Å². The number of hydrogen-bond donors (Lipinski definition) is 0. The molecule has 0 bridgehead atoms. The first kappa shape index (κ1) is 15.5. The van der Waals surface area contributed by atoms with Crippen molar-refractivity contribution in [3.63, 3.8) is 0 Å². The molecule has 1 atom stereocenters. The van der Waals surface area contributed by atoms with Gasteiger partial charge in [-0.15, -0.1) is 0 Å².